The van der Waals surface area contributed by atoms with E-state index in [1.165, 1.54) is 0 Å². The number of amides is 1. The Morgan fingerprint density at radius 1 is 1.29 bits per heavy atom. The van der Waals surface area contributed by atoms with Crippen molar-refractivity contribution >= 4 is 17.4 Å². The van der Waals surface area contributed by atoms with Crippen LogP contribution in [0.3, 0.4) is 0 Å². The summed E-state index contributed by atoms with van der Waals surface area (Å²) in [5.41, 5.74) is 2.46. The van der Waals surface area contributed by atoms with Gasteiger partial charge in [0.05, 0.1) is 42.9 Å². The van der Waals surface area contributed by atoms with Gasteiger partial charge in [0.25, 0.3) is 5.91 Å². The van der Waals surface area contributed by atoms with E-state index in [-0.39, 0.29) is 5.91 Å². The molecule has 0 saturated carbocycles. The fourth-order valence-corrected chi connectivity index (χ4v) is 3.06. The maximum atomic E-state index is 12.9. The summed E-state index contributed by atoms with van der Waals surface area (Å²) < 4.78 is 5.34. The largest absolute Gasteiger partial charge is 0.378 e. The van der Waals surface area contributed by atoms with Crippen LogP contribution in [0.2, 0.25) is 0 Å². The van der Waals surface area contributed by atoms with Crippen LogP contribution in [0.15, 0.2) is 53.1 Å². The first-order valence-electron chi connectivity index (χ1n) is 8.04. The topological polar surface area (TPSA) is 61.3 Å². The smallest absolute Gasteiger partial charge is 0.253 e. The fraction of sp³-hybridized carbons (Fsp3) is 0.353. The van der Waals surface area contributed by atoms with Crippen LogP contribution in [0.25, 0.3) is 0 Å². The van der Waals surface area contributed by atoms with E-state index >= 15 is 0 Å². The zero-order valence-electron chi connectivity index (χ0n) is 13.6. The molecule has 0 spiro atoms. The molecule has 1 aromatic heterocycles. The van der Waals surface area contributed by atoms with Gasteiger partial charge in [-0.2, -0.15) is 0 Å². The van der Waals surface area contributed by atoms with Gasteiger partial charge in [-0.15, -0.1) is 0 Å². The molecule has 4 heterocycles. The predicted molar refractivity (Wildman–Crippen MR) is 90.1 cm³/mol. The number of hydrogen-bond donors (Lipinski definition) is 0. The third kappa shape index (κ3) is 2.56. The van der Waals surface area contributed by atoms with Crippen LogP contribution in [0.5, 0.6) is 0 Å². The summed E-state index contributed by atoms with van der Waals surface area (Å²) in [6.45, 7) is 4.87. The highest BCUT2D eigenvalue weighted by molar-refractivity contribution is 6.03. The van der Waals surface area contributed by atoms with E-state index in [0.717, 1.165) is 22.8 Å². The van der Waals surface area contributed by atoms with Gasteiger partial charge in [0, 0.05) is 31.6 Å². The molecule has 7 heteroatoms. The SMILES string of the molecule is CC1=C(C(=O)N2CCOCC2)CN2C(=N1)C=CN2c1cccnc1. The molecule has 1 saturated heterocycles. The van der Waals surface area contributed by atoms with E-state index in [4.69, 9.17) is 4.74 Å². The Balaban J connectivity index is 1.59. The summed E-state index contributed by atoms with van der Waals surface area (Å²) in [6.07, 6.45) is 7.44. The fourth-order valence-electron chi connectivity index (χ4n) is 3.06. The number of rotatable bonds is 2. The molecular formula is C17H19N5O2. The summed E-state index contributed by atoms with van der Waals surface area (Å²) in [5.74, 6) is 0.895. The first-order chi connectivity index (χ1) is 11.7. The van der Waals surface area contributed by atoms with Crippen LogP contribution >= 0.6 is 0 Å². The van der Waals surface area contributed by atoms with Gasteiger partial charge in [-0.05, 0) is 19.1 Å². The normalized spacial score (nSPS) is 20.4. The molecule has 124 valence electrons. The van der Waals surface area contributed by atoms with Crippen LogP contribution in [0.1, 0.15) is 6.92 Å². The van der Waals surface area contributed by atoms with E-state index in [9.17, 15) is 4.79 Å². The first-order valence-corrected chi connectivity index (χ1v) is 8.04. The van der Waals surface area contributed by atoms with Crippen LogP contribution in [-0.4, -0.2) is 59.5 Å². The van der Waals surface area contributed by atoms with Crippen LogP contribution in [-0.2, 0) is 9.53 Å². The highest BCUT2D eigenvalue weighted by Gasteiger charge is 2.32. The number of hydrogen-bond acceptors (Lipinski definition) is 6. The van der Waals surface area contributed by atoms with E-state index in [2.05, 4.69) is 9.98 Å². The average molecular weight is 325 g/mol. The van der Waals surface area contributed by atoms with E-state index < -0.39 is 0 Å². The lowest BCUT2D eigenvalue weighted by Gasteiger charge is -2.35. The molecule has 0 unspecified atom stereocenters. The highest BCUT2D eigenvalue weighted by atomic mass is 16.5. The molecule has 0 radical (unpaired) electrons. The molecule has 0 aromatic carbocycles. The molecule has 0 aliphatic carbocycles. The van der Waals surface area contributed by atoms with Crippen molar-refractivity contribution in [3.63, 3.8) is 0 Å². The number of carbonyl (C=O) groups excluding carboxylic acids is 1. The van der Waals surface area contributed by atoms with Crippen molar-refractivity contribution in [2.75, 3.05) is 37.9 Å². The van der Waals surface area contributed by atoms with Crippen molar-refractivity contribution in [2.45, 2.75) is 6.92 Å². The van der Waals surface area contributed by atoms with Gasteiger partial charge in [0.1, 0.15) is 5.84 Å². The molecule has 3 aliphatic rings. The van der Waals surface area contributed by atoms with Crippen molar-refractivity contribution in [1.82, 2.24) is 14.9 Å². The van der Waals surface area contributed by atoms with Crippen molar-refractivity contribution < 1.29 is 9.53 Å². The standard InChI is InChI=1S/C17H19N5O2/c1-13-15(17(23)20-7-9-24-10-8-20)12-22-16(19-13)4-6-21(22)14-3-2-5-18-11-14/h2-6,11H,7-10,12H2,1H3. The minimum atomic E-state index is 0.0524. The zero-order valence-corrected chi connectivity index (χ0v) is 13.6. The Morgan fingerprint density at radius 2 is 2.12 bits per heavy atom. The minimum Gasteiger partial charge on any atom is -0.378 e. The predicted octanol–water partition coefficient (Wildman–Crippen LogP) is 1.18. The Bertz CT molecular complexity index is 735. The lowest BCUT2D eigenvalue weighted by atomic mass is 10.1. The molecule has 0 bridgehead atoms. The van der Waals surface area contributed by atoms with Gasteiger partial charge >= 0.3 is 0 Å². The van der Waals surface area contributed by atoms with Gasteiger partial charge in [0.2, 0.25) is 0 Å². The third-order valence-electron chi connectivity index (χ3n) is 4.38. The number of fused-ring (bicyclic) bond motifs is 1. The number of nitrogens with zero attached hydrogens (tertiary/aromatic N) is 5. The number of pyridine rings is 1. The maximum Gasteiger partial charge on any atom is 0.253 e. The molecule has 24 heavy (non-hydrogen) atoms. The van der Waals surface area contributed by atoms with Gasteiger partial charge in [-0.1, -0.05) is 0 Å². The van der Waals surface area contributed by atoms with Crippen LogP contribution in [0, 0.1) is 0 Å². The Labute approximate surface area is 140 Å². The van der Waals surface area contributed by atoms with Crippen molar-refractivity contribution in [3.05, 3.63) is 48.1 Å². The second kappa shape index (κ2) is 6.09. The summed E-state index contributed by atoms with van der Waals surface area (Å²) >= 11 is 0. The van der Waals surface area contributed by atoms with Gasteiger partial charge < -0.3 is 9.64 Å². The zero-order chi connectivity index (χ0) is 16.5. The lowest BCUT2D eigenvalue weighted by Crippen LogP contribution is -2.47. The number of ether oxygens (including phenoxy) is 1. The van der Waals surface area contributed by atoms with E-state index in [0.29, 0.717) is 32.8 Å². The van der Waals surface area contributed by atoms with Crippen LogP contribution < -0.4 is 5.01 Å². The number of hydrazine groups is 1. The van der Waals surface area contributed by atoms with Gasteiger partial charge in [-0.25, -0.2) is 4.99 Å². The van der Waals surface area contributed by atoms with Crippen molar-refractivity contribution in [3.8, 4) is 0 Å². The number of anilines is 1. The summed E-state index contributed by atoms with van der Waals surface area (Å²) in [7, 11) is 0. The Morgan fingerprint density at radius 3 is 2.88 bits per heavy atom. The monoisotopic (exact) mass is 325 g/mol. The number of amidine groups is 1. The molecular weight excluding hydrogens is 306 g/mol. The Kier molecular flexibility index (Phi) is 3.78. The number of allylic oxidation sites excluding steroid dienone is 1. The van der Waals surface area contributed by atoms with Crippen LogP contribution in [0.4, 0.5) is 5.69 Å². The summed E-state index contributed by atoms with van der Waals surface area (Å²) in [6, 6.07) is 3.87. The number of morpholine rings is 1. The molecule has 0 atom stereocenters. The van der Waals surface area contributed by atoms with E-state index in [1.807, 2.05) is 46.3 Å². The molecule has 1 aromatic rings. The third-order valence-corrected chi connectivity index (χ3v) is 4.38. The molecule has 1 fully saturated rings. The number of aromatic nitrogens is 1. The van der Waals surface area contributed by atoms with E-state index in [1.54, 1.807) is 12.4 Å². The van der Waals surface area contributed by atoms with Crippen molar-refractivity contribution in [1.29, 1.82) is 0 Å². The molecule has 3 aliphatic heterocycles. The molecule has 7 nitrogen and oxygen atoms in total. The highest BCUT2D eigenvalue weighted by Crippen LogP contribution is 2.27. The van der Waals surface area contributed by atoms with Gasteiger partial charge in [0.15, 0.2) is 0 Å². The van der Waals surface area contributed by atoms with Crippen molar-refractivity contribution in [2.24, 2.45) is 4.99 Å². The average Bonchev–Trinajstić information content (AvgIpc) is 3.04. The maximum absolute atomic E-state index is 12.9. The number of carbonyl (C=O) groups is 1. The molecule has 1 amide bonds. The second-order valence-corrected chi connectivity index (χ2v) is 5.87. The quantitative estimate of drug-likeness (QED) is 0.817. The second-order valence-electron chi connectivity index (χ2n) is 5.87. The minimum absolute atomic E-state index is 0.0524. The Hall–Kier alpha value is -2.67. The van der Waals surface area contributed by atoms with Gasteiger partial charge in [-0.3, -0.25) is 19.8 Å². The molecule has 0 N–H and O–H groups in total. The summed E-state index contributed by atoms with van der Waals surface area (Å²) in [5, 5.41) is 3.97. The first kappa shape index (κ1) is 14.9. The molecule has 4 rings (SSSR count). The number of aliphatic imine (C=N–C) groups is 1. The summed E-state index contributed by atoms with van der Waals surface area (Å²) in [4.78, 5) is 23.5. The lowest BCUT2D eigenvalue weighted by molar-refractivity contribution is -0.131.